The molecule has 0 aliphatic carbocycles. The van der Waals surface area contributed by atoms with Gasteiger partial charge in [0.15, 0.2) is 0 Å². The number of benzene rings is 1. The van der Waals surface area contributed by atoms with Gasteiger partial charge in [-0.05, 0) is 48.6 Å². The van der Waals surface area contributed by atoms with Crippen LogP contribution >= 0.6 is 27.7 Å². The fraction of sp³-hybridized carbons (Fsp3) is 0.538. The number of nitrogens with one attached hydrogen (secondary N) is 1. The van der Waals surface area contributed by atoms with Crippen molar-refractivity contribution in [1.82, 2.24) is 5.32 Å². The molecule has 1 rings (SSSR count). The largest absolute Gasteiger partial charge is 0.310 e. The van der Waals surface area contributed by atoms with Crippen molar-refractivity contribution in [3.63, 3.8) is 0 Å². The molecule has 0 aromatic heterocycles. The van der Waals surface area contributed by atoms with Crippen molar-refractivity contribution in [2.75, 3.05) is 11.5 Å². The number of hydrogen-bond donors (Lipinski definition) is 1. The predicted octanol–water partition coefficient (Wildman–Crippen LogP) is 4.21. The van der Waals surface area contributed by atoms with Gasteiger partial charge in [0, 0.05) is 17.1 Å². The van der Waals surface area contributed by atoms with E-state index in [0.717, 1.165) is 16.5 Å². The molecular formula is C13H19BrFNS. The Morgan fingerprint density at radius 3 is 2.82 bits per heavy atom. The third-order valence-corrected chi connectivity index (χ3v) is 3.87. The van der Waals surface area contributed by atoms with Gasteiger partial charge in [0.1, 0.15) is 5.82 Å². The van der Waals surface area contributed by atoms with Crippen LogP contribution in [0, 0.1) is 5.82 Å². The molecule has 1 nitrogen and oxygen atoms in total. The van der Waals surface area contributed by atoms with E-state index in [1.165, 1.54) is 17.6 Å². The molecule has 1 unspecified atom stereocenters. The smallest absolute Gasteiger partial charge is 0.124 e. The Morgan fingerprint density at radius 1 is 1.41 bits per heavy atom. The summed E-state index contributed by atoms with van der Waals surface area (Å²) in [6, 6.07) is 5.47. The van der Waals surface area contributed by atoms with Crippen molar-refractivity contribution >= 4 is 27.7 Å². The molecule has 17 heavy (non-hydrogen) atoms. The van der Waals surface area contributed by atoms with E-state index in [1.807, 2.05) is 17.8 Å². The first-order valence-corrected chi connectivity index (χ1v) is 7.82. The van der Waals surface area contributed by atoms with Crippen LogP contribution in [0.3, 0.4) is 0 Å². The van der Waals surface area contributed by atoms with E-state index < -0.39 is 0 Å². The summed E-state index contributed by atoms with van der Waals surface area (Å²) in [6.45, 7) is 5.06. The first-order valence-electron chi connectivity index (χ1n) is 5.88. The van der Waals surface area contributed by atoms with E-state index in [4.69, 9.17) is 0 Å². The zero-order valence-electron chi connectivity index (χ0n) is 10.3. The maximum atomic E-state index is 13.1. The lowest BCUT2D eigenvalue weighted by Crippen LogP contribution is -2.26. The number of hydrogen-bond acceptors (Lipinski definition) is 2. The molecule has 0 fully saturated rings. The summed E-state index contributed by atoms with van der Waals surface area (Å²) in [5.74, 6) is 2.16. The zero-order chi connectivity index (χ0) is 12.7. The summed E-state index contributed by atoms with van der Waals surface area (Å²) >= 11 is 5.26. The second-order valence-corrected chi connectivity index (χ2v) is 6.35. The lowest BCUT2D eigenvalue weighted by Gasteiger charge is -2.13. The maximum absolute atomic E-state index is 13.1. The van der Waals surface area contributed by atoms with E-state index in [0.29, 0.717) is 12.6 Å². The lowest BCUT2D eigenvalue weighted by atomic mass is 10.2. The van der Waals surface area contributed by atoms with Gasteiger partial charge >= 0.3 is 0 Å². The fourth-order valence-corrected chi connectivity index (χ4v) is 2.83. The highest BCUT2D eigenvalue weighted by Crippen LogP contribution is 2.15. The van der Waals surface area contributed by atoms with Gasteiger partial charge in [-0.3, -0.25) is 0 Å². The van der Waals surface area contributed by atoms with Crippen molar-refractivity contribution < 1.29 is 4.39 Å². The minimum Gasteiger partial charge on any atom is -0.310 e. The Balaban J connectivity index is 2.34. The average molecular weight is 320 g/mol. The van der Waals surface area contributed by atoms with Gasteiger partial charge < -0.3 is 5.32 Å². The van der Waals surface area contributed by atoms with Crippen molar-refractivity contribution in [2.45, 2.75) is 32.9 Å². The quantitative estimate of drug-likeness (QED) is 0.755. The molecule has 0 bridgehead atoms. The van der Waals surface area contributed by atoms with Crippen molar-refractivity contribution in [2.24, 2.45) is 0 Å². The SMILES string of the molecule is CCSCCC(C)NCc1cc(F)cc(Br)c1. The molecule has 0 amide bonds. The first-order chi connectivity index (χ1) is 8.11. The molecule has 1 aromatic rings. The summed E-state index contributed by atoms with van der Waals surface area (Å²) in [5.41, 5.74) is 0.979. The van der Waals surface area contributed by atoms with Gasteiger partial charge in [0.2, 0.25) is 0 Å². The van der Waals surface area contributed by atoms with E-state index in [1.54, 1.807) is 6.07 Å². The number of halogens is 2. The Hall–Kier alpha value is -0.0600. The highest BCUT2D eigenvalue weighted by molar-refractivity contribution is 9.10. The summed E-state index contributed by atoms with van der Waals surface area (Å²) in [4.78, 5) is 0. The van der Waals surface area contributed by atoms with Gasteiger partial charge in [-0.2, -0.15) is 11.8 Å². The Bertz CT molecular complexity index is 326. The van der Waals surface area contributed by atoms with Crippen LogP contribution in [-0.4, -0.2) is 17.5 Å². The molecule has 0 saturated carbocycles. The van der Waals surface area contributed by atoms with Gasteiger partial charge in [-0.15, -0.1) is 0 Å². The Morgan fingerprint density at radius 2 is 2.18 bits per heavy atom. The highest BCUT2D eigenvalue weighted by Gasteiger charge is 2.03. The Labute approximate surface area is 116 Å². The summed E-state index contributed by atoms with van der Waals surface area (Å²) < 4.78 is 13.9. The van der Waals surface area contributed by atoms with Crippen molar-refractivity contribution in [1.29, 1.82) is 0 Å². The second kappa shape index (κ2) is 8.11. The predicted molar refractivity (Wildman–Crippen MR) is 78.0 cm³/mol. The molecule has 1 N–H and O–H groups in total. The standard InChI is InChI=1S/C13H19BrFNS/c1-3-17-5-4-10(2)16-9-11-6-12(14)8-13(15)7-11/h6-8,10,16H,3-5,9H2,1-2H3. The van der Waals surface area contributed by atoms with Crippen LogP contribution in [-0.2, 0) is 6.54 Å². The van der Waals surface area contributed by atoms with Crippen LogP contribution in [0.25, 0.3) is 0 Å². The van der Waals surface area contributed by atoms with E-state index in [-0.39, 0.29) is 5.82 Å². The normalized spacial score (nSPS) is 12.7. The highest BCUT2D eigenvalue weighted by atomic mass is 79.9. The van der Waals surface area contributed by atoms with Gasteiger partial charge in [-0.1, -0.05) is 22.9 Å². The van der Waals surface area contributed by atoms with Gasteiger partial charge in [0.05, 0.1) is 0 Å². The first kappa shape index (κ1) is 15.0. The third kappa shape index (κ3) is 6.43. The maximum Gasteiger partial charge on any atom is 0.124 e. The van der Waals surface area contributed by atoms with Gasteiger partial charge in [-0.25, -0.2) is 4.39 Å². The summed E-state index contributed by atoms with van der Waals surface area (Å²) in [6.07, 6.45) is 1.15. The van der Waals surface area contributed by atoms with E-state index in [9.17, 15) is 4.39 Å². The monoisotopic (exact) mass is 319 g/mol. The minimum atomic E-state index is -0.189. The fourth-order valence-electron chi connectivity index (χ4n) is 1.51. The number of thioether (sulfide) groups is 1. The van der Waals surface area contributed by atoms with Crippen LogP contribution in [0.15, 0.2) is 22.7 Å². The molecule has 96 valence electrons. The second-order valence-electron chi connectivity index (χ2n) is 4.05. The molecule has 0 spiro atoms. The van der Waals surface area contributed by atoms with Crippen LogP contribution in [0.1, 0.15) is 25.8 Å². The molecule has 0 aliphatic heterocycles. The van der Waals surface area contributed by atoms with Crippen LogP contribution in [0.2, 0.25) is 0 Å². The van der Waals surface area contributed by atoms with Gasteiger partial charge in [0.25, 0.3) is 0 Å². The summed E-state index contributed by atoms with van der Waals surface area (Å²) in [5, 5.41) is 3.41. The summed E-state index contributed by atoms with van der Waals surface area (Å²) in [7, 11) is 0. The Kier molecular flexibility index (Phi) is 7.16. The van der Waals surface area contributed by atoms with Crippen molar-refractivity contribution in [3.05, 3.63) is 34.1 Å². The number of rotatable bonds is 7. The average Bonchev–Trinajstić information content (AvgIpc) is 2.25. The molecule has 0 radical (unpaired) electrons. The van der Waals surface area contributed by atoms with E-state index >= 15 is 0 Å². The molecule has 1 aromatic carbocycles. The lowest BCUT2D eigenvalue weighted by molar-refractivity contribution is 0.535. The third-order valence-electron chi connectivity index (χ3n) is 2.48. The topological polar surface area (TPSA) is 12.0 Å². The van der Waals surface area contributed by atoms with Crippen LogP contribution in [0.4, 0.5) is 4.39 Å². The molecular weight excluding hydrogens is 301 g/mol. The molecule has 0 saturated heterocycles. The van der Waals surface area contributed by atoms with Crippen LogP contribution in [0.5, 0.6) is 0 Å². The van der Waals surface area contributed by atoms with E-state index in [2.05, 4.69) is 35.1 Å². The molecule has 4 heteroatoms. The zero-order valence-corrected chi connectivity index (χ0v) is 12.7. The van der Waals surface area contributed by atoms with Crippen molar-refractivity contribution in [3.8, 4) is 0 Å². The molecule has 1 atom stereocenters. The molecule has 0 aliphatic rings. The molecule has 0 heterocycles. The van der Waals surface area contributed by atoms with Crippen LogP contribution < -0.4 is 5.32 Å². The minimum absolute atomic E-state index is 0.189.